The van der Waals surface area contributed by atoms with E-state index in [1.807, 2.05) is 0 Å². The van der Waals surface area contributed by atoms with Gasteiger partial charge in [0.2, 0.25) is 0 Å². The van der Waals surface area contributed by atoms with Crippen LogP contribution in [0.2, 0.25) is 5.02 Å². The van der Waals surface area contributed by atoms with Crippen LogP contribution in [0.5, 0.6) is 0 Å². The summed E-state index contributed by atoms with van der Waals surface area (Å²) in [7, 11) is 0. The van der Waals surface area contributed by atoms with E-state index in [1.165, 1.54) is 12.1 Å². The Labute approximate surface area is 104 Å². The number of hydrogen-bond acceptors (Lipinski definition) is 2. The lowest BCUT2D eigenvalue weighted by atomic mass is 10.3. The van der Waals surface area contributed by atoms with Gasteiger partial charge in [-0.2, -0.15) is 13.2 Å². The normalized spacial score (nSPS) is 13.6. The predicted molar refractivity (Wildman–Crippen MR) is 59.7 cm³/mol. The van der Waals surface area contributed by atoms with Crippen LogP contribution in [-0.4, -0.2) is 23.9 Å². The largest absolute Gasteiger partial charge is 0.416 e. The maximum atomic E-state index is 12.0. The van der Waals surface area contributed by atoms with E-state index in [-0.39, 0.29) is 5.02 Å². The maximum Gasteiger partial charge on any atom is 0.416 e. The molecule has 0 aliphatic carbocycles. The van der Waals surface area contributed by atoms with E-state index in [0.29, 0.717) is 10.2 Å². The van der Waals surface area contributed by atoms with Gasteiger partial charge in [0.25, 0.3) is 0 Å². The molecule has 0 amide bonds. The van der Waals surface area contributed by atoms with Crippen molar-refractivity contribution in [3.8, 4) is 0 Å². The highest BCUT2D eigenvalue weighted by atomic mass is 79.9. The van der Waals surface area contributed by atoms with E-state index in [4.69, 9.17) is 16.7 Å². The molecule has 7 heteroatoms. The fraction of sp³-hybridized carbons (Fsp3) is 0.333. The molecular formula is C9H8BrClF3NO. The topological polar surface area (TPSA) is 32.3 Å². The van der Waals surface area contributed by atoms with Gasteiger partial charge in [-0.1, -0.05) is 27.5 Å². The van der Waals surface area contributed by atoms with Gasteiger partial charge in [-0.3, -0.25) is 0 Å². The van der Waals surface area contributed by atoms with Crippen molar-refractivity contribution in [3.63, 3.8) is 0 Å². The molecule has 1 aromatic carbocycles. The molecule has 0 radical (unpaired) electrons. The second kappa shape index (κ2) is 5.25. The smallest absolute Gasteiger partial charge is 0.382 e. The quantitative estimate of drug-likeness (QED) is 0.895. The average Bonchev–Trinajstić information content (AvgIpc) is 2.17. The van der Waals surface area contributed by atoms with E-state index >= 15 is 0 Å². The van der Waals surface area contributed by atoms with Crippen LogP contribution < -0.4 is 5.32 Å². The Bertz CT molecular complexity index is 372. The van der Waals surface area contributed by atoms with Crippen LogP contribution in [0.4, 0.5) is 18.9 Å². The molecule has 90 valence electrons. The summed E-state index contributed by atoms with van der Waals surface area (Å²) in [5, 5.41) is 11.5. The Morgan fingerprint density at radius 2 is 2.06 bits per heavy atom. The molecule has 0 spiro atoms. The fourth-order valence-corrected chi connectivity index (χ4v) is 1.50. The zero-order chi connectivity index (χ0) is 12.3. The van der Waals surface area contributed by atoms with Crippen molar-refractivity contribution in [2.24, 2.45) is 0 Å². The van der Waals surface area contributed by atoms with Crippen molar-refractivity contribution >= 4 is 33.2 Å². The van der Waals surface area contributed by atoms with Crippen molar-refractivity contribution in [2.75, 3.05) is 11.9 Å². The SMILES string of the molecule is OC(CNc1cc(Br)ccc1Cl)C(F)(F)F. The van der Waals surface area contributed by atoms with E-state index in [0.717, 1.165) is 0 Å². The van der Waals surface area contributed by atoms with Crippen LogP contribution >= 0.6 is 27.5 Å². The Hall–Kier alpha value is -0.460. The summed E-state index contributed by atoms with van der Waals surface area (Å²) < 4.78 is 36.7. The van der Waals surface area contributed by atoms with Gasteiger partial charge < -0.3 is 10.4 Å². The molecular weight excluding hydrogens is 310 g/mol. The molecule has 0 aliphatic heterocycles. The van der Waals surface area contributed by atoms with Gasteiger partial charge in [0.05, 0.1) is 10.7 Å². The van der Waals surface area contributed by atoms with Gasteiger partial charge in [-0.05, 0) is 18.2 Å². The average molecular weight is 319 g/mol. The van der Waals surface area contributed by atoms with Crippen LogP contribution in [0.3, 0.4) is 0 Å². The lowest BCUT2D eigenvalue weighted by molar-refractivity contribution is -0.198. The molecule has 0 heterocycles. The summed E-state index contributed by atoms with van der Waals surface area (Å²) in [6.07, 6.45) is -7.05. The van der Waals surface area contributed by atoms with Crippen LogP contribution in [0, 0.1) is 0 Å². The Morgan fingerprint density at radius 3 is 2.62 bits per heavy atom. The molecule has 2 nitrogen and oxygen atoms in total. The van der Waals surface area contributed by atoms with E-state index < -0.39 is 18.8 Å². The van der Waals surface area contributed by atoms with Gasteiger partial charge in [0.1, 0.15) is 0 Å². The highest BCUT2D eigenvalue weighted by molar-refractivity contribution is 9.10. The van der Waals surface area contributed by atoms with Crippen LogP contribution in [0.1, 0.15) is 0 Å². The van der Waals surface area contributed by atoms with Crippen molar-refractivity contribution in [1.29, 1.82) is 0 Å². The van der Waals surface area contributed by atoms with E-state index in [1.54, 1.807) is 6.07 Å². The third kappa shape index (κ3) is 3.84. The van der Waals surface area contributed by atoms with E-state index in [9.17, 15) is 13.2 Å². The third-order valence-corrected chi connectivity index (χ3v) is 2.61. The number of hydrogen-bond donors (Lipinski definition) is 2. The lowest BCUT2D eigenvalue weighted by Gasteiger charge is -2.16. The summed E-state index contributed by atoms with van der Waals surface area (Å²) in [6.45, 7) is -0.639. The minimum atomic E-state index is -4.63. The third-order valence-electron chi connectivity index (χ3n) is 1.79. The van der Waals surface area contributed by atoms with E-state index in [2.05, 4.69) is 21.2 Å². The molecule has 1 atom stereocenters. The number of nitrogens with one attached hydrogen (secondary N) is 1. The van der Waals surface area contributed by atoms with Crippen LogP contribution in [0.15, 0.2) is 22.7 Å². The summed E-state index contributed by atoms with van der Waals surface area (Å²) in [5.74, 6) is 0. The van der Waals surface area contributed by atoms with Gasteiger partial charge in [0, 0.05) is 11.0 Å². The summed E-state index contributed by atoms with van der Waals surface area (Å²) in [5.41, 5.74) is 0.333. The van der Waals surface area contributed by atoms with Crippen molar-refractivity contribution < 1.29 is 18.3 Å². The minimum Gasteiger partial charge on any atom is -0.382 e. The number of halogens is 5. The molecule has 2 N–H and O–H groups in total. The second-order valence-electron chi connectivity index (χ2n) is 3.06. The first-order valence-electron chi connectivity index (χ1n) is 4.24. The first-order chi connectivity index (χ1) is 7.30. The van der Waals surface area contributed by atoms with Crippen molar-refractivity contribution in [1.82, 2.24) is 0 Å². The number of alkyl halides is 3. The van der Waals surface area contributed by atoms with Gasteiger partial charge >= 0.3 is 6.18 Å². The maximum absolute atomic E-state index is 12.0. The summed E-state index contributed by atoms with van der Waals surface area (Å²) >= 11 is 8.91. The highest BCUT2D eigenvalue weighted by Gasteiger charge is 2.37. The van der Waals surface area contributed by atoms with Crippen molar-refractivity contribution in [3.05, 3.63) is 27.7 Å². The van der Waals surface area contributed by atoms with Gasteiger partial charge in [-0.25, -0.2) is 0 Å². The molecule has 16 heavy (non-hydrogen) atoms. The fourth-order valence-electron chi connectivity index (χ4n) is 0.955. The number of aliphatic hydroxyl groups is 1. The van der Waals surface area contributed by atoms with Gasteiger partial charge in [-0.15, -0.1) is 0 Å². The number of rotatable bonds is 3. The molecule has 0 aliphatic rings. The standard InChI is InChI=1S/C9H8BrClF3NO/c10-5-1-2-6(11)7(3-5)15-4-8(16)9(12,13)14/h1-3,8,15-16H,4H2. The number of aliphatic hydroxyl groups excluding tert-OH is 1. The monoisotopic (exact) mass is 317 g/mol. The molecule has 1 unspecified atom stereocenters. The lowest BCUT2D eigenvalue weighted by Crippen LogP contribution is -2.35. The molecule has 1 aromatic rings. The summed E-state index contributed by atoms with van der Waals surface area (Å²) in [4.78, 5) is 0. The predicted octanol–water partition coefficient (Wildman–Crippen LogP) is 3.44. The molecule has 0 saturated carbocycles. The Kier molecular flexibility index (Phi) is 4.46. The molecule has 0 bridgehead atoms. The van der Waals surface area contributed by atoms with Crippen LogP contribution in [0.25, 0.3) is 0 Å². The first-order valence-corrected chi connectivity index (χ1v) is 5.41. The molecule has 1 rings (SSSR count). The minimum absolute atomic E-state index is 0.289. The Morgan fingerprint density at radius 1 is 1.44 bits per heavy atom. The number of benzene rings is 1. The van der Waals surface area contributed by atoms with Gasteiger partial charge in [0.15, 0.2) is 6.10 Å². The van der Waals surface area contributed by atoms with Crippen molar-refractivity contribution in [2.45, 2.75) is 12.3 Å². The summed E-state index contributed by atoms with van der Waals surface area (Å²) in [6, 6.07) is 4.73. The molecule has 0 aromatic heterocycles. The first kappa shape index (κ1) is 13.6. The molecule has 0 fully saturated rings. The highest BCUT2D eigenvalue weighted by Crippen LogP contribution is 2.26. The zero-order valence-corrected chi connectivity index (χ0v) is 10.2. The Balaban J connectivity index is 2.64. The zero-order valence-electron chi connectivity index (χ0n) is 7.85. The molecule has 0 saturated heterocycles. The number of anilines is 1. The second-order valence-corrected chi connectivity index (χ2v) is 4.39. The van der Waals surface area contributed by atoms with Crippen LogP contribution in [-0.2, 0) is 0 Å².